The summed E-state index contributed by atoms with van der Waals surface area (Å²) in [6.07, 6.45) is 0.241. The molecule has 29 heavy (non-hydrogen) atoms. The largest absolute Gasteiger partial charge is 0.451 e. The molecule has 1 aromatic heterocycles. The van der Waals surface area contributed by atoms with Crippen LogP contribution in [0.1, 0.15) is 26.5 Å². The van der Waals surface area contributed by atoms with Gasteiger partial charge in [-0.3, -0.25) is 9.59 Å². The fourth-order valence-corrected chi connectivity index (χ4v) is 3.15. The van der Waals surface area contributed by atoms with Crippen molar-refractivity contribution in [3.63, 3.8) is 0 Å². The zero-order chi connectivity index (χ0) is 20.5. The van der Waals surface area contributed by atoms with Gasteiger partial charge in [0.15, 0.2) is 12.4 Å². The van der Waals surface area contributed by atoms with Crippen molar-refractivity contribution >= 4 is 23.3 Å². The number of fused-ring (bicyclic) bond motifs is 1. The van der Waals surface area contributed by atoms with E-state index < -0.39 is 12.6 Å². The van der Waals surface area contributed by atoms with Gasteiger partial charge in [0.1, 0.15) is 11.6 Å². The lowest BCUT2D eigenvalue weighted by Crippen LogP contribution is -2.20. The summed E-state index contributed by atoms with van der Waals surface area (Å²) in [6, 6.07) is 13.6. The Morgan fingerprint density at radius 1 is 1.10 bits per heavy atom. The van der Waals surface area contributed by atoms with Crippen LogP contribution in [0.25, 0.3) is 11.3 Å². The number of carbonyl (C=O) groups is 3. The molecule has 0 bridgehead atoms. The Morgan fingerprint density at radius 3 is 2.62 bits per heavy atom. The first-order chi connectivity index (χ1) is 13.9. The van der Waals surface area contributed by atoms with E-state index in [1.165, 1.54) is 30.3 Å². The van der Waals surface area contributed by atoms with Crippen LogP contribution in [0.4, 0.5) is 10.1 Å². The summed E-state index contributed by atoms with van der Waals surface area (Å²) < 4.78 is 23.5. The Labute approximate surface area is 165 Å². The van der Waals surface area contributed by atoms with E-state index in [0.29, 0.717) is 16.9 Å². The number of ether oxygens (including phenoxy) is 1. The third kappa shape index (κ3) is 3.67. The molecule has 0 radical (unpaired) electrons. The molecule has 1 aliphatic rings. The Balaban J connectivity index is 1.40. The molecule has 0 unspecified atom stereocenters. The number of carbonyl (C=O) groups excluding carboxylic acids is 3. The first-order valence-electron chi connectivity index (χ1n) is 8.88. The highest BCUT2D eigenvalue weighted by Gasteiger charge is 2.25. The van der Waals surface area contributed by atoms with Crippen molar-refractivity contribution in [2.45, 2.75) is 6.42 Å². The van der Waals surface area contributed by atoms with Crippen molar-refractivity contribution in [2.75, 3.05) is 18.6 Å². The van der Waals surface area contributed by atoms with E-state index in [0.717, 1.165) is 11.3 Å². The van der Waals surface area contributed by atoms with Crippen molar-refractivity contribution in [3.8, 4) is 11.3 Å². The normalized spacial score (nSPS) is 12.8. The molecule has 2 aromatic carbocycles. The molecule has 0 fully saturated rings. The second kappa shape index (κ2) is 7.35. The van der Waals surface area contributed by atoms with Crippen LogP contribution in [-0.4, -0.2) is 31.3 Å². The second-order valence-electron chi connectivity index (χ2n) is 6.64. The van der Waals surface area contributed by atoms with Gasteiger partial charge in [0.25, 0.3) is 0 Å². The summed E-state index contributed by atoms with van der Waals surface area (Å²) in [4.78, 5) is 37.8. The number of nitrogens with zero attached hydrogens (tertiary/aromatic N) is 1. The van der Waals surface area contributed by atoms with Crippen LogP contribution in [0, 0.1) is 5.82 Å². The molecule has 2 heterocycles. The Hall–Kier alpha value is -3.74. The number of hydrogen-bond acceptors (Lipinski definition) is 5. The zero-order valence-electron chi connectivity index (χ0n) is 15.5. The lowest BCUT2D eigenvalue weighted by atomic mass is 10.1. The predicted octanol–water partition coefficient (Wildman–Crippen LogP) is 3.64. The van der Waals surface area contributed by atoms with Crippen molar-refractivity contribution in [2.24, 2.45) is 0 Å². The highest BCUT2D eigenvalue weighted by atomic mass is 19.1. The molecule has 7 heteroatoms. The van der Waals surface area contributed by atoms with E-state index in [4.69, 9.17) is 9.15 Å². The van der Waals surface area contributed by atoms with E-state index in [1.54, 1.807) is 36.2 Å². The number of rotatable bonds is 5. The quantitative estimate of drug-likeness (QED) is 0.489. The number of hydrogen-bond donors (Lipinski definition) is 0. The summed E-state index contributed by atoms with van der Waals surface area (Å²) in [7, 11) is 1.68. The number of benzene rings is 2. The molecular formula is C22H16FNO5. The summed E-state index contributed by atoms with van der Waals surface area (Å²) in [5.41, 5.74) is 2.52. The number of ketones is 1. The van der Waals surface area contributed by atoms with E-state index in [9.17, 15) is 18.8 Å². The number of likely N-dealkylation sites (N-methyl/N-ethyl adjacent to an activating group) is 1. The SMILES string of the molecule is CN1C(=O)Cc2cc(C(=O)COC(=O)c3ccc(-c4ccc(F)cc4)o3)ccc21. The molecule has 0 saturated heterocycles. The number of furan rings is 1. The summed E-state index contributed by atoms with van der Waals surface area (Å²) >= 11 is 0. The smallest absolute Gasteiger partial charge is 0.374 e. The van der Waals surface area contributed by atoms with Gasteiger partial charge in [-0.1, -0.05) is 0 Å². The predicted molar refractivity (Wildman–Crippen MR) is 102 cm³/mol. The first kappa shape index (κ1) is 18.6. The van der Waals surface area contributed by atoms with Gasteiger partial charge in [-0.25, -0.2) is 9.18 Å². The molecule has 1 amide bonds. The van der Waals surface area contributed by atoms with Crippen LogP contribution in [0.3, 0.4) is 0 Å². The average Bonchev–Trinajstić information content (AvgIpc) is 3.31. The molecule has 0 spiro atoms. The van der Waals surface area contributed by atoms with Gasteiger partial charge >= 0.3 is 5.97 Å². The molecule has 3 aromatic rings. The molecule has 0 saturated carbocycles. The molecule has 1 aliphatic heterocycles. The second-order valence-corrected chi connectivity index (χ2v) is 6.64. The Morgan fingerprint density at radius 2 is 1.86 bits per heavy atom. The van der Waals surface area contributed by atoms with Gasteiger partial charge in [-0.15, -0.1) is 0 Å². The topological polar surface area (TPSA) is 76.8 Å². The summed E-state index contributed by atoms with van der Waals surface area (Å²) in [6.45, 7) is -0.450. The minimum atomic E-state index is -0.775. The first-order valence-corrected chi connectivity index (χ1v) is 8.88. The monoisotopic (exact) mass is 393 g/mol. The molecular weight excluding hydrogens is 377 g/mol. The minimum absolute atomic E-state index is 0.0363. The average molecular weight is 393 g/mol. The maximum atomic E-state index is 13.0. The van der Waals surface area contributed by atoms with Crippen LogP contribution in [0.2, 0.25) is 0 Å². The minimum Gasteiger partial charge on any atom is -0.451 e. The summed E-state index contributed by atoms with van der Waals surface area (Å²) in [5.74, 6) is -1.24. The lowest BCUT2D eigenvalue weighted by Gasteiger charge is -2.10. The van der Waals surface area contributed by atoms with Gasteiger partial charge in [-0.05, 0) is 60.2 Å². The van der Waals surface area contributed by atoms with Crippen molar-refractivity contribution in [1.29, 1.82) is 0 Å². The van der Waals surface area contributed by atoms with Crippen LogP contribution >= 0.6 is 0 Å². The van der Waals surface area contributed by atoms with E-state index in [-0.39, 0.29) is 29.7 Å². The Kier molecular flexibility index (Phi) is 4.72. The number of Topliss-reactive ketones (excluding diaryl/α,β-unsaturated/α-hetero) is 1. The van der Waals surface area contributed by atoms with Gasteiger partial charge in [0, 0.05) is 23.9 Å². The molecule has 146 valence electrons. The number of halogens is 1. The maximum Gasteiger partial charge on any atom is 0.374 e. The van der Waals surface area contributed by atoms with Gasteiger partial charge in [0.05, 0.1) is 6.42 Å². The van der Waals surface area contributed by atoms with Crippen molar-refractivity contribution < 1.29 is 27.9 Å². The number of anilines is 1. The van der Waals surface area contributed by atoms with Gasteiger partial charge in [-0.2, -0.15) is 0 Å². The third-order valence-electron chi connectivity index (χ3n) is 4.75. The molecule has 0 atom stereocenters. The van der Waals surface area contributed by atoms with Gasteiger partial charge < -0.3 is 14.1 Å². The molecule has 0 aliphatic carbocycles. The fourth-order valence-electron chi connectivity index (χ4n) is 3.15. The van der Waals surface area contributed by atoms with Crippen LogP contribution in [0.5, 0.6) is 0 Å². The molecule has 4 rings (SSSR count). The van der Waals surface area contributed by atoms with E-state index in [1.807, 2.05) is 0 Å². The van der Waals surface area contributed by atoms with Gasteiger partial charge in [0.2, 0.25) is 11.7 Å². The lowest BCUT2D eigenvalue weighted by molar-refractivity contribution is -0.117. The van der Waals surface area contributed by atoms with E-state index in [2.05, 4.69) is 0 Å². The van der Waals surface area contributed by atoms with Crippen LogP contribution in [0.15, 0.2) is 59.0 Å². The van der Waals surface area contributed by atoms with Crippen LogP contribution in [-0.2, 0) is 16.0 Å². The number of amides is 1. The zero-order valence-corrected chi connectivity index (χ0v) is 15.5. The molecule has 0 N–H and O–H groups in total. The Bertz CT molecular complexity index is 1120. The highest BCUT2D eigenvalue weighted by molar-refractivity contribution is 6.04. The fraction of sp³-hybridized carbons (Fsp3) is 0.136. The summed E-state index contributed by atoms with van der Waals surface area (Å²) in [5, 5.41) is 0. The standard InChI is InChI=1S/C22H16FNO5/c1-24-17-7-4-14(10-15(17)11-21(24)26)18(25)12-28-22(27)20-9-8-19(29-20)13-2-5-16(23)6-3-13/h2-10H,11-12H2,1H3. The van der Waals surface area contributed by atoms with Crippen molar-refractivity contribution in [1.82, 2.24) is 0 Å². The highest BCUT2D eigenvalue weighted by Crippen LogP contribution is 2.28. The molecule has 6 nitrogen and oxygen atoms in total. The maximum absolute atomic E-state index is 13.0. The number of esters is 1. The third-order valence-corrected chi connectivity index (χ3v) is 4.75. The van der Waals surface area contributed by atoms with E-state index >= 15 is 0 Å². The van der Waals surface area contributed by atoms with Crippen LogP contribution < -0.4 is 4.90 Å². The van der Waals surface area contributed by atoms with Crippen molar-refractivity contribution in [3.05, 3.63) is 77.3 Å².